The predicted octanol–water partition coefficient (Wildman–Crippen LogP) is 9.02. The maximum Gasteiger partial charge on any atom is 0.0633 e. The Hall–Kier alpha value is -4.21. The van der Waals surface area contributed by atoms with Crippen molar-refractivity contribution >= 4 is 60.0 Å². The molecule has 0 amide bonds. The van der Waals surface area contributed by atoms with Crippen LogP contribution in [-0.4, -0.2) is 11.3 Å². The fourth-order valence-corrected chi connectivity index (χ4v) is 6.46. The highest BCUT2D eigenvalue weighted by Crippen LogP contribution is 2.40. The lowest BCUT2D eigenvalue weighted by molar-refractivity contribution is 1.09. The molecule has 2 aromatic heterocycles. The van der Waals surface area contributed by atoms with E-state index in [-0.39, 0.29) is 0 Å². The van der Waals surface area contributed by atoms with Crippen LogP contribution in [0.15, 0.2) is 114 Å². The Morgan fingerprint density at radius 2 is 1.34 bits per heavy atom. The number of fused-ring (bicyclic) bond motifs is 6. The van der Waals surface area contributed by atoms with E-state index in [1.807, 2.05) is 11.3 Å². The lowest BCUT2D eigenvalue weighted by Crippen LogP contribution is -1.96. The quantitative estimate of drug-likeness (QED) is 0.230. The highest BCUT2D eigenvalue weighted by molar-refractivity contribution is 7.25. The molecule has 0 bridgehead atoms. The molecule has 7 rings (SSSR count). The van der Waals surface area contributed by atoms with Gasteiger partial charge in [-0.3, -0.25) is 4.99 Å². The van der Waals surface area contributed by atoms with E-state index in [2.05, 4.69) is 125 Å². The van der Waals surface area contributed by atoms with E-state index >= 15 is 0 Å². The fraction of sp³-hybridized carbons (Fsp3) is 0.0312. The highest BCUT2D eigenvalue weighted by Gasteiger charge is 2.15. The lowest BCUT2D eigenvalue weighted by atomic mass is 10.0. The largest absolute Gasteiger partial charge is 0.309 e. The number of rotatable bonds is 4. The number of hydrogen-bond donors (Lipinski definition) is 0. The summed E-state index contributed by atoms with van der Waals surface area (Å²) in [4.78, 5) is 4.05. The summed E-state index contributed by atoms with van der Waals surface area (Å²) >= 11 is 1.84. The van der Waals surface area contributed by atoms with Crippen molar-refractivity contribution in [3.05, 3.63) is 115 Å². The van der Waals surface area contributed by atoms with E-state index in [9.17, 15) is 0 Å². The van der Waals surface area contributed by atoms with Crippen LogP contribution in [0.5, 0.6) is 0 Å². The molecule has 35 heavy (non-hydrogen) atoms. The van der Waals surface area contributed by atoms with Crippen LogP contribution in [-0.2, 0) is 6.54 Å². The summed E-state index contributed by atoms with van der Waals surface area (Å²) in [5, 5.41) is 5.16. The summed E-state index contributed by atoms with van der Waals surface area (Å²) in [6.07, 6.45) is 0. The molecule has 7 aromatic rings. The first kappa shape index (κ1) is 20.2. The first-order valence-corrected chi connectivity index (χ1v) is 12.6. The van der Waals surface area contributed by atoms with Gasteiger partial charge in [-0.25, -0.2) is 0 Å². The van der Waals surface area contributed by atoms with Gasteiger partial charge in [0.05, 0.1) is 23.3 Å². The van der Waals surface area contributed by atoms with E-state index < -0.39 is 0 Å². The molecule has 0 spiro atoms. The zero-order valence-electron chi connectivity index (χ0n) is 19.1. The minimum Gasteiger partial charge on any atom is -0.309 e. The predicted molar refractivity (Wildman–Crippen MR) is 152 cm³/mol. The van der Waals surface area contributed by atoms with Gasteiger partial charge in [0.1, 0.15) is 0 Å². The second-order valence-electron chi connectivity index (χ2n) is 8.91. The van der Waals surface area contributed by atoms with Crippen molar-refractivity contribution < 1.29 is 0 Å². The maximum absolute atomic E-state index is 4.05. The van der Waals surface area contributed by atoms with Gasteiger partial charge in [-0.15, -0.1) is 11.3 Å². The summed E-state index contributed by atoms with van der Waals surface area (Å²) in [5.74, 6) is 0. The van der Waals surface area contributed by atoms with Crippen LogP contribution in [0.25, 0.3) is 58.8 Å². The Labute approximate surface area is 207 Å². The molecule has 0 saturated heterocycles. The van der Waals surface area contributed by atoms with Crippen molar-refractivity contribution in [2.24, 2.45) is 4.99 Å². The highest BCUT2D eigenvalue weighted by atomic mass is 32.1. The molecule has 0 radical (unpaired) electrons. The number of nitrogens with zero attached hydrogens (tertiary/aromatic N) is 2. The summed E-state index contributed by atoms with van der Waals surface area (Å²) in [6.45, 7) is 4.30. The number of aliphatic imine (C=N–C) groups is 1. The Morgan fingerprint density at radius 1 is 0.629 bits per heavy atom. The number of para-hydroxylation sites is 3. The van der Waals surface area contributed by atoms with Gasteiger partial charge in [0.25, 0.3) is 0 Å². The molecule has 0 N–H and O–H groups in total. The third-order valence-electron chi connectivity index (χ3n) is 6.87. The molecule has 166 valence electrons. The summed E-state index contributed by atoms with van der Waals surface area (Å²) in [7, 11) is 0. The molecule has 0 atom stereocenters. The van der Waals surface area contributed by atoms with Crippen molar-refractivity contribution in [2.75, 3.05) is 0 Å². The Bertz CT molecular complexity index is 1850. The molecule has 0 aliphatic heterocycles. The second-order valence-corrected chi connectivity index (χ2v) is 10.00. The van der Waals surface area contributed by atoms with Gasteiger partial charge in [-0.1, -0.05) is 72.8 Å². The Balaban J connectivity index is 1.48. The smallest absolute Gasteiger partial charge is 0.0633 e. The average molecular weight is 467 g/mol. The third-order valence-corrected chi connectivity index (χ3v) is 8.00. The minimum absolute atomic E-state index is 0.654. The van der Waals surface area contributed by atoms with Crippen molar-refractivity contribution in [1.82, 2.24) is 4.57 Å². The normalized spacial score (nSPS) is 11.7. The number of benzene rings is 5. The molecule has 2 nitrogen and oxygen atoms in total. The first-order valence-electron chi connectivity index (χ1n) is 11.8. The fourth-order valence-electron chi connectivity index (χ4n) is 5.31. The van der Waals surface area contributed by atoms with Gasteiger partial charge in [0, 0.05) is 36.5 Å². The van der Waals surface area contributed by atoms with Gasteiger partial charge in [0.2, 0.25) is 0 Å². The second kappa shape index (κ2) is 7.93. The van der Waals surface area contributed by atoms with Crippen LogP contribution >= 0.6 is 11.3 Å². The van der Waals surface area contributed by atoms with Gasteiger partial charge in [0.15, 0.2) is 0 Å². The van der Waals surface area contributed by atoms with Crippen LogP contribution < -0.4 is 0 Å². The van der Waals surface area contributed by atoms with E-state index in [0.29, 0.717) is 6.54 Å². The summed E-state index contributed by atoms with van der Waals surface area (Å²) < 4.78 is 5.01. The van der Waals surface area contributed by atoms with Gasteiger partial charge < -0.3 is 4.57 Å². The molecule has 2 heterocycles. The van der Waals surface area contributed by atoms with Gasteiger partial charge >= 0.3 is 0 Å². The van der Waals surface area contributed by atoms with E-state index in [1.165, 1.54) is 64.4 Å². The number of aromatic nitrogens is 1. The van der Waals surface area contributed by atoms with Crippen molar-refractivity contribution in [2.45, 2.75) is 6.54 Å². The Morgan fingerprint density at radius 3 is 2.11 bits per heavy atom. The van der Waals surface area contributed by atoms with Crippen molar-refractivity contribution in [3.8, 4) is 16.8 Å². The van der Waals surface area contributed by atoms with Crippen LogP contribution in [0.4, 0.5) is 0 Å². The molecule has 0 aliphatic rings. The molecular weight excluding hydrogens is 444 g/mol. The summed E-state index contributed by atoms with van der Waals surface area (Å²) in [6, 6.07) is 39.6. The van der Waals surface area contributed by atoms with E-state index in [0.717, 1.165) is 0 Å². The minimum atomic E-state index is 0.654. The van der Waals surface area contributed by atoms with Crippen LogP contribution in [0.1, 0.15) is 5.56 Å². The zero-order valence-corrected chi connectivity index (χ0v) is 19.9. The lowest BCUT2D eigenvalue weighted by Gasteiger charge is -2.14. The van der Waals surface area contributed by atoms with E-state index in [4.69, 9.17) is 0 Å². The van der Waals surface area contributed by atoms with Crippen LogP contribution in [0, 0.1) is 0 Å². The molecule has 0 fully saturated rings. The maximum atomic E-state index is 4.05. The first-order chi connectivity index (χ1) is 17.3. The Kier molecular flexibility index (Phi) is 4.58. The van der Waals surface area contributed by atoms with E-state index in [1.54, 1.807) is 0 Å². The molecular formula is C32H22N2S. The van der Waals surface area contributed by atoms with Crippen LogP contribution in [0.3, 0.4) is 0 Å². The van der Waals surface area contributed by atoms with Crippen molar-refractivity contribution in [1.29, 1.82) is 0 Å². The SMILES string of the molecule is C=NCc1ccc2c(c1)sc1ccc(-c3ccccc3-n3c4ccccc4c4ccccc43)cc12. The molecule has 0 unspecified atom stereocenters. The molecule has 5 aromatic carbocycles. The van der Waals surface area contributed by atoms with Crippen LogP contribution in [0.2, 0.25) is 0 Å². The number of hydrogen-bond acceptors (Lipinski definition) is 2. The molecule has 0 saturated carbocycles. The zero-order chi connectivity index (χ0) is 23.4. The topological polar surface area (TPSA) is 17.3 Å². The monoisotopic (exact) mass is 466 g/mol. The summed E-state index contributed by atoms with van der Waals surface area (Å²) in [5.41, 5.74) is 7.32. The van der Waals surface area contributed by atoms with Crippen molar-refractivity contribution in [3.63, 3.8) is 0 Å². The molecule has 0 aliphatic carbocycles. The van der Waals surface area contributed by atoms with Gasteiger partial charge in [-0.2, -0.15) is 0 Å². The third kappa shape index (κ3) is 3.13. The van der Waals surface area contributed by atoms with Gasteiger partial charge in [-0.05, 0) is 54.2 Å². The number of thiophene rings is 1. The molecule has 3 heteroatoms. The standard InChI is InChI=1S/C32H22N2S/c1-33-20-21-14-16-26-27-19-22(15-17-31(27)35-32(26)18-21)23-8-2-5-11-28(23)34-29-12-6-3-9-24(29)25-10-4-7-13-30(25)34/h2-19H,1,20H2. The average Bonchev–Trinajstić information content (AvgIpc) is 3.44.